The van der Waals surface area contributed by atoms with E-state index in [4.69, 9.17) is 5.11 Å². The Hall–Kier alpha value is -1.86. The number of benzene rings is 1. The fraction of sp³-hybridized carbons (Fsp3) is 0.650. The molecule has 0 heterocycles. The molecule has 2 N–H and O–H groups in total. The fourth-order valence-electron chi connectivity index (χ4n) is 2.81. The number of carboxylic acids is 1. The first-order valence-corrected chi connectivity index (χ1v) is 9.65. The van der Waals surface area contributed by atoms with E-state index in [9.17, 15) is 26.7 Å². The molecule has 160 valence electrons. The first-order chi connectivity index (χ1) is 13.1. The summed E-state index contributed by atoms with van der Waals surface area (Å²) in [5.74, 6) is -5.52. The Balaban J connectivity index is 1.93. The zero-order valence-corrected chi connectivity index (χ0v) is 15.8. The summed E-state index contributed by atoms with van der Waals surface area (Å²) in [6, 6.07) is 6.56. The number of hydrogen-bond donors (Lipinski definition) is 2. The monoisotopic (exact) mass is 409 g/mol. The average Bonchev–Trinajstić information content (AvgIpc) is 2.62. The van der Waals surface area contributed by atoms with E-state index in [2.05, 4.69) is 5.32 Å². The normalized spacial score (nSPS) is 12.2. The lowest BCUT2D eigenvalue weighted by atomic mass is 10.0. The lowest BCUT2D eigenvalue weighted by Crippen LogP contribution is -2.36. The van der Waals surface area contributed by atoms with Crippen molar-refractivity contribution in [3.05, 3.63) is 29.8 Å². The van der Waals surface area contributed by atoms with Crippen LogP contribution in [0.4, 0.5) is 27.6 Å². The van der Waals surface area contributed by atoms with Crippen LogP contribution in [0.25, 0.3) is 0 Å². The van der Waals surface area contributed by atoms with E-state index in [0.717, 1.165) is 50.8 Å². The highest BCUT2D eigenvalue weighted by Crippen LogP contribution is 2.39. The lowest BCUT2D eigenvalue weighted by molar-refractivity contribution is -0.284. The van der Waals surface area contributed by atoms with E-state index >= 15 is 0 Å². The number of aromatic carboxylic acids is 1. The van der Waals surface area contributed by atoms with E-state index in [1.54, 1.807) is 24.3 Å². The van der Waals surface area contributed by atoms with Gasteiger partial charge in [-0.1, -0.05) is 44.9 Å². The van der Waals surface area contributed by atoms with Crippen LogP contribution >= 0.6 is 0 Å². The number of carboxylic acid groups (broad SMARTS) is 1. The predicted octanol–water partition coefficient (Wildman–Crippen LogP) is 6.90. The summed E-state index contributed by atoms with van der Waals surface area (Å²) < 4.78 is 61.4. The molecule has 0 saturated carbocycles. The van der Waals surface area contributed by atoms with Crippen LogP contribution in [0, 0.1) is 0 Å². The van der Waals surface area contributed by atoms with Crippen LogP contribution < -0.4 is 5.32 Å². The van der Waals surface area contributed by atoms with Gasteiger partial charge in [-0.25, -0.2) is 4.79 Å². The minimum absolute atomic E-state index is 0.106. The van der Waals surface area contributed by atoms with Crippen molar-refractivity contribution in [3.8, 4) is 0 Å². The maximum Gasteiger partial charge on any atom is 0.453 e. The highest BCUT2D eigenvalue weighted by Gasteiger charge is 2.56. The Morgan fingerprint density at radius 1 is 0.786 bits per heavy atom. The van der Waals surface area contributed by atoms with Crippen molar-refractivity contribution in [2.45, 2.75) is 76.3 Å². The van der Waals surface area contributed by atoms with Gasteiger partial charge in [0.2, 0.25) is 0 Å². The third-order valence-electron chi connectivity index (χ3n) is 4.54. The van der Waals surface area contributed by atoms with Gasteiger partial charge < -0.3 is 10.4 Å². The molecule has 0 aromatic heterocycles. The van der Waals surface area contributed by atoms with Crippen molar-refractivity contribution in [2.75, 3.05) is 11.9 Å². The van der Waals surface area contributed by atoms with E-state index in [1.165, 1.54) is 0 Å². The van der Waals surface area contributed by atoms with Crippen molar-refractivity contribution < 1.29 is 31.9 Å². The van der Waals surface area contributed by atoms with Gasteiger partial charge in [-0.2, -0.15) is 22.0 Å². The maximum absolute atomic E-state index is 12.7. The topological polar surface area (TPSA) is 49.3 Å². The molecule has 0 bridgehead atoms. The summed E-state index contributed by atoms with van der Waals surface area (Å²) in [6.07, 6.45) is 0.310. The molecule has 1 rings (SSSR count). The van der Waals surface area contributed by atoms with Gasteiger partial charge in [-0.15, -0.1) is 0 Å². The van der Waals surface area contributed by atoms with E-state index in [0.29, 0.717) is 12.8 Å². The number of unbranched alkanes of at least 4 members (excludes halogenated alkanes) is 8. The van der Waals surface area contributed by atoms with E-state index in [1.807, 2.05) is 0 Å². The number of halogens is 5. The minimum Gasteiger partial charge on any atom is -0.478 e. The van der Waals surface area contributed by atoms with Gasteiger partial charge in [0.15, 0.2) is 0 Å². The Morgan fingerprint density at radius 3 is 1.71 bits per heavy atom. The lowest BCUT2D eigenvalue weighted by Gasteiger charge is -2.19. The molecule has 0 fully saturated rings. The van der Waals surface area contributed by atoms with Crippen molar-refractivity contribution in [1.29, 1.82) is 0 Å². The quantitative estimate of drug-likeness (QED) is 0.260. The van der Waals surface area contributed by atoms with Crippen LogP contribution in [0.3, 0.4) is 0 Å². The van der Waals surface area contributed by atoms with Gasteiger partial charge >= 0.3 is 18.1 Å². The second-order valence-electron chi connectivity index (χ2n) is 6.94. The number of alkyl halides is 5. The molecule has 3 nitrogen and oxygen atoms in total. The molecular weight excluding hydrogens is 381 g/mol. The van der Waals surface area contributed by atoms with Crippen LogP contribution in [0.2, 0.25) is 0 Å². The van der Waals surface area contributed by atoms with Crippen molar-refractivity contribution in [1.82, 2.24) is 0 Å². The highest BCUT2D eigenvalue weighted by atomic mass is 19.4. The van der Waals surface area contributed by atoms with Crippen LogP contribution in [0.15, 0.2) is 24.3 Å². The third-order valence-corrected chi connectivity index (χ3v) is 4.54. The smallest absolute Gasteiger partial charge is 0.453 e. The summed E-state index contributed by atoms with van der Waals surface area (Å²) in [6.45, 7) is 0.792. The van der Waals surface area contributed by atoms with Gasteiger partial charge in [0.05, 0.1) is 5.56 Å². The van der Waals surface area contributed by atoms with Gasteiger partial charge in [0.1, 0.15) is 0 Å². The van der Waals surface area contributed by atoms with Crippen molar-refractivity contribution >= 4 is 11.7 Å². The summed E-state index contributed by atoms with van der Waals surface area (Å²) in [4.78, 5) is 10.8. The number of nitrogens with one attached hydrogen (secondary N) is 1. The molecule has 0 radical (unpaired) electrons. The van der Waals surface area contributed by atoms with Gasteiger partial charge in [0, 0.05) is 18.7 Å². The molecule has 1 aromatic carbocycles. The largest absolute Gasteiger partial charge is 0.478 e. The molecule has 0 aliphatic rings. The standard InChI is InChI=1S/C20H28F5NO2/c21-19(22,20(23,24)25)14-8-6-4-2-1-3-5-7-9-15-26-17-12-10-16(11-13-17)18(27)28/h10-13,26H,1-9,14-15H2,(H,27,28). The second-order valence-corrected chi connectivity index (χ2v) is 6.94. The average molecular weight is 409 g/mol. The van der Waals surface area contributed by atoms with Gasteiger partial charge in [0.25, 0.3) is 0 Å². The molecule has 0 saturated heterocycles. The number of hydrogen-bond acceptors (Lipinski definition) is 2. The summed E-state index contributed by atoms with van der Waals surface area (Å²) >= 11 is 0. The Morgan fingerprint density at radius 2 is 1.25 bits per heavy atom. The molecule has 0 aliphatic heterocycles. The Bertz CT molecular complexity index is 573. The molecule has 0 unspecified atom stereocenters. The summed E-state index contributed by atoms with van der Waals surface area (Å²) in [5.41, 5.74) is 1.13. The van der Waals surface area contributed by atoms with Crippen LogP contribution in [0.1, 0.15) is 74.6 Å². The molecule has 0 spiro atoms. The molecule has 8 heteroatoms. The second kappa shape index (κ2) is 11.9. The molecule has 0 aliphatic carbocycles. The Labute approximate surface area is 162 Å². The third kappa shape index (κ3) is 9.37. The fourth-order valence-corrected chi connectivity index (χ4v) is 2.81. The molecule has 0 atom stereocenters. The SMILES string of the molecule is O=C(O)c1ccc(NCCCCCCCCCCCC(F)(F)C(F)(F)F)cc1. The maximum atomic E-state index is 12.7. The van der Waals surface area contributed by atoms with Crippen molar-refractivity contribution in [2.24, 2.45) is 0 Å². The van der Waals surface area contributed by atoms with Gasteiger partial charge in [-0.3, -0.25) is 0 Å². The molecule has 28 heavy (non-hydrogen) atoms. The number of anilines is 1. The minimum atomic E-state index is -5.44. The van der Waals surface area contributed by atoms with Crippen LogP contribution in [-0.2, 0) is 0 Å². The Kier molecular flexibility index (Phi) is 10.2. The highest BCUT2D eigenvalue weighted by molar-refractivity contribution is 5.87. The summed E-state index contributed by atoms with van der Waals surface area (Å²) in [5, 5.41) is 12.0. The van der Waals surface area contributed by atoms with Crippen molar-refractivity contribution in [3.63, 3.8) is 0 Å². The molecule has 0 amide bonds. The predicted molar refractivity (Wildman–Crippen MR) is 99.1 cm³/mol. The zero-order chi connectivity index (χ0) is 21.0. The number of rotatable bonds is 14. The van der Waals surface area contributed by atoms with Crippen LogP contribution in [0.5, 0.6) is 0 Å². The van der Waals surface area contributed by atoms with Gasteiger partial charge in [-0.05, 0) is 37.1 Å². The first kappa shape index (κ1) is 24.2. The number of carbonyl (C=O) groups is 1. The van der Waals surface area contributed by atoms with E-state index in [-0.39, 0.29) is 12.0 Å². The molecular formula is C20H28F5NO2. The zero-order valence-electron chi connectivity index (χ0n) is 15.8. The first-order valence-electron chi connectivity index (χ1n) is 9.65. The van der Waals surface area contributed by atoms with Crippen LogP contribution in [-0.4, -0.2) is 29.7 Å². The molecule has 1 aromatic rings. The van der Waals surface area contributed by atoms with E-state index < -0.39 is 24.5 Å². The summed E-state index contributed by atoms with van der Waals surface area (Å²) in [7, 11) is 0.